The molecule has 0 heterocycles. The first-order valence-electron chi connectivity index (χ1n) is 6.64. The number of hydrogen-bond acceptors (Lipinski definition) is 4. The Hall–Kier alpha value is -1.26. The first kappa shape index (κ1) is 15.8. The van der Waals surface area contributed by atoms with Crippen molar-refractivity contribution >= 4 is 5.69 Å². The van der Waals surface area contributed by atoms with Crippen LogP contribution in [0.3, 0.4) is 0 Å². The fraction of sp³-hybridized carbons (Fsp3) is 0.600. The number of hydrogen-bond donors (Lipinski definition) is 2. The molecule has 0 amide bonds. The van der Waals surface area contributed by atoms with Gasteiger partial charge in [0.1, 0.15) is 5.75 Å². The molecule has 4 nitrogen and oxygen atoms in total. The highest BCUT2D eigenvalue weighted by Crippen LogP contribution is 2.20. The number of methoxy groups -OCH3 is 1. The van der Waals surface area contributed by atoms with Crippen LogP contribution in [0.2, 0.25) is 0 Å². The number of ether oxygens (including phenoxy) is 1. The fourth-order valence-electron chi connectivity index (χ4n) is 2.29. The molecule has 0 aliphatic rings. The zero-order chi connectivity index (χ0) is 14.5. The predicted molar refractivity (Wildman–Crippen MR) is 80.0 cm³/mol. The Morgan fingerprint density at radius 3 is 2.32 bits per heavy atom. The van der Waals surface area contributed by atoms with E-state index in [1.165, 1.54) is 0 Å². The minimum atomic E-state index is -0.317. The highest BCUT2D eigenvalue weighted by Gasteiger charge is 2.25. The van der Waals surface area contributed by atoms with E-state index in [2.05, 4.69) is 24.1 Å². The minimum Gasteiger partial charge on any atom is -0.497 e. The van der Waals surface area contributed by atoms with Crippen molar-refractivity contribution in [1.29, 1.82) is 0 Å². The van der Waals surface area contributed by atoms with Crippen LogP contribution >= 0.6 is 0 Å². The zero-order valence-electron chi connectivity index (χ0n) is 12.6. The highest BCUT2D eigenvalue weighted by atomic mass is 16.5. The molecule has 19 heavy (non-hydrogen) atoms. The van der Waals surface area contributed by atoms with Crippen LogP contribution < -0.4 is 15.0 Å². The van der Waals surface area contributed by atoms with E-state index in [4.69, 9.17) is 4.74 Å². The average Bonchev–Trinajstić information content (AvgIpc) is 2.37. The molecular weight excluding hydrogens is 240 g/mol. The average molecular weight is 266 g/mol. The minimum absolute atomic E-state index is 0.103. The molecule has 1 rings (SSSR count). The van der Waals surface area contributed by atoms with Crippen LogP contribution in [0.1, 0.15) is 20.8 Å². The van der Waals surface area contributed by atoms with Gasteiger partial charge in [0, 0.05) is 25.3 Å². The molecular formula is C15H26N2O2. The first-order chi connectivity index (χ1) is 8.90. The van der Waals surface area contributed by atoms with Gasteiger partial charge in [-0.3, -0.25) is 0 Å². The number of benzene rings is 1. The molecule has 108 valence electrons. The maximum absolute atomic E-state index is 9.60. The Labute approximate surface area is 116 Å². The van der Waals surface area contributed by atoms with Crippen molar-refractivity contribution in [3.63, 3.8) is 0 Å². The van der Waals surface area contributed by atoms with Crippen molar-refractivity contribution < 1.29 is 9.84 Å². The van der Waals surface area contributed by atoms with Crippen molar-refractivity contribution in [2.45, 2.75) is 32.4 Å². The molecule has 0 bridgehead atoms. The summed E-state index contributed by atoms with van der Waals surface area (Å²) in [6, 6.07) is 8.26. The smallest absolute Gasteiger partial charge is 0.119 e. The first-order valence-corrected chi connectivity index (χ1v) is 6.64. The molecule has 2 N–H and O–H groups in total. The van der Waals surface area contributed by atoms with Crippen LogP contribution in [0, 0.1) is 0 Å². The number of rotatable bonds is 7. The summed E-state index contributed by atoms with van der Waals surface area (Å²) in [6.07, 6.45) is 0. The lowest BCUT2D eigenvalue weighted by Gasteiger charge is -2.36. The summed E-state index contributed by atoms with van der Waals surface area (Å²) in [5.74, 6) is 0.849. The molecule has 0 aliphatic carbocycles. The fourth-order valence-corrected chi connectivity index (χ4v) is 2.29. The van der Waals surface area contributed by atoms with Crippen molar-refractivity contribution in [3.05, 3.63) is 24.3 Å². The molecule has 0 aliphatic heterocycles. The summed E-state index contributed by atoms with van der Waals surface area (Å²) in [4.78, 5) is 2.13. The van der Waals surface area contributed by atoms with Gasteiger partial charge in [-0.15, -0.1) is 0 Å². The zero-order valence-corrected chi connectivity index (χ0v) is 12.6. The number of aliphatic hydroxyl groups excluding tert-OH is 1. The van der Waals surface area contributed by atoms with Crippen molar-refractivity contribution in [3.8, 4) is 5.75 Å². The summed E-state index contributed by atoms with van der Waals surface area (Å²) in [5, 5.41) is 13.0. The lowest BCUT2D eigenvalue weighted by atomic mass is 10.0. The summed E-state index contributed by atoms with van der Waals surface area (Å²) in [7, 11) is 3.69. The Bertz CT molecular complexity index is 378. The van der Waals surface area contributed by atoms with E-state index in [9.17, 15) is 5.11 Å². The second-order valence-electron chi connectivity index (χ2n) is 5.57. The molecule has 0 radical (unpaired) electrons. The largest absolute Gasteiger partial charge is 0.497 e. The Morgan fingerprint density at radius 2 is 1.89 bits per heavy atom. The predicted octanol–water partition coefficient (Wildman–Crippen LogP) is 1.88. The van der Waals surface area contributed by atoms with Gasteiger partial charge >= 0.3 is 0 Å². The maximum atomic E-state index is 9.60. The van der Waals surface area contributed by atoms with Gasteiger partial charge in [-0.1, -0.05) is 13.8 Å². The highest BCUT2D eigenvalue weighted by molar-refractivity contribution is 5.48. The van der Waals surface area contributed by atoms with Crippen LogP contribution in [0.25, 0.3) is 0 Å². The third-order valence-electron chi connectivity index (χ3n) is 3.09. The van der Waals surface area contributed by atoms with Crippen LogP contribution in [0.5, 0.6) is 5.75 Å². The third-order valence-corrected chi connectivity index (χ3v) is 3.09. The second-order valence-corrected chi connectivity index (χ2v) is 5.57. The van der Waals surface area contributed by atoms with Crippen LogP contribution in [-0.4, -0.2) is 44.0 Å². The van der Waals surface area contributed by atoms with Gasteiger partial charge in [0.05, 0.1) is 19.3 Å². The summed E-state index contributed by atoms with van der Waals surface area (Å²) in [6.45, 7) is 7.04. The molecule has 1 aromatic carbocycles. The van der Waals surface area contributed by atoms with Crippen molar-refractivity contribution in [2.24, 2.45) is 0 Å². The van der Waals surface area contributed by atoms with Gasteiger partial charge in [0.15, 0.2) is 0 Å². The monoisotopic (exact) mass is 266 g/mol. The van der Waals surface area contributed by atoms with Gasteiger partial charge in [0.25, 0.3) is 0 Å². The van der Waals surface area contributed by atoms with Gasteiger partial charge in [-0.05, 0) is 31.2 Å². The lowest BCUT2D eigenvalue weighted by Crippen LogP contribution is -2.55. The Morgan fingerprint density at radius 1 is 1.32 bits per heavy atom. The molecule has 0 aromatic heterocycles. The number of nitrogens with zero attached hydrogens (tertiary/aromatic N) is 1. The third kappa shape index (κ3) is 4.73. The van der Waals surface area contributed by atoms with E-state index in [1.54, 1.807) is 7.11 Å². The molecule has 1 unspecified atom stereocenters. The van der Waals surface area contributed by atoms with Gasteiger partial charge in [-0.25, -0.2) is 0 Å². The number of nitrogens with one attached hydrogen (secondary N) is 1. The van der Waals surface area contributed by atoms with Crippen LogP contribution in [0.15, 0.2) is 24.3 Å². The normalized spacial score (nSPS) is 14.3. The van der Waals surface area contributed by atoms with E-state index in [1.807, 2.05) is 38.2 Å². The SMILES string of the molecule is COc1ccc(N(C)CC(C)(CO)NC(C)C)cc1. The standard InChI is InChI=1S/C15H26N2O2/c1-12(2)16-15(3,11-18)10-17(4)13-6-8-14(19-5)9-7-13/h6-9,12,16,18H,10-11H2,1-5H3. The molecule has 0 saturated carbocycles. The molecule has 1 atom stereocenters. The van der Waals surface area contributed by atoms with Gasteiger partial charge in [0.2, 0.25) is 0 Å². The van der Waals surface area contributed by atoms with Crippen molar-refractivity contribution in [2.75, 3.05) is 32.2 Å². The van der Waals surface area contributed by atoms with E-state index < -0.39 is 0 Å². The van der Waals surface area contributed by atoms with Crippen LogP contribution in [0.4, 0.5) is 5.69 Å². The van der Waals surface area contributed by atoms with E-state index >= 15 is 0 Å². The number of likely N-dealkylation sites (N-methyl/N-ethyl adjacent to an activating group) is 1. The Balaban J connectivity index is 2.73. The quantitative estimate of drug-likeness (QED) is 0.791. The summed E-state index contributed by atoms with van der Waals surface area (Å²) >= 11 is 0. The summed E-state index contributed by atoms with van der Waals surface area (Å²) in [5.41, 5.74) is 0.786. The molecule has 0 saturated heterocycles. The maximum Gasteiger partial charge on any atom is 0.119 e. The van der Waals surface area contributed by atoms with Gasteiger partial charge in [-0.2, -0.15) is 0 Å². The van der Waals surface area contributed by atoms with E-state index in [0.717, 1.165) is 18.0 Å². The van der Waals surface area contributed by atoms with Gasteiger partial charge < -0.3 is 20.1 Å². The van der Waals surface area contributed by atoms with E-state index in [0.29, 0.717) is 6.04 Å². The molecule has 0 spiro atoms. The lowest BCUT2D eigenvalue weighted by molar-refractivity contribution is 0.170. The van der Waals surface area contributed by atoms with Crippen molar-refractivity contribution in [1.82, 2.24) is 5.32 Å². The van der Waals surface area contributed by atoms with Crippen LogP contribution in [-0.2, 0) is 0 Å². The number of anilines is 1. The summed E-state index contributed by atoms with van der Waals surface area (Å²) < 4.78 is 5.15. The topological polar surface area (TPSA) is 44.7 Å². The molecule has 0 fully saturated rings. The molecule has 4 heteroatoms. The van der Waals surface area contributed by atoms with E-state index in [-0.39, 0.29) is 12.1 Å². The second kappa shape index (κ2) is 6.78. The number of aliphatic hydroxyl groups is 1. The Kier molecular flexibility index (Phi) is 5.63. The molecule has 1 aromatic rings.